The van der Waals surface area contributed by atoms with E-state index in [1.54, 1.807) is 4.90 Å². The number of aryl methyl sites for hydroxylation is 1. The molecule has 24 heavy (non-hydrogen) atoms. The zero-order chi connectivity index (χ0) is 16.5. The van der Waals surface area contributed by atoms with Crippen molar-refractivity contribution in [1.82, 2.24) is 15.1 Å². The lowest BCUT2D eigenvalue weighted by Crippen LogP contribution is -2.27. The molecule has 5 heteroatoms. The Kier molecular flexibility index (Phi) is 4.10. The monoisotopic (exact) mass is 325 g/mol. The van der Waals surface area contributed by atoms with Crippen LogP contribution in [0.1, 0.15) is 57.7 Å². The van der Waals surface area contributed by atoms with Crippen molar-refractivity contribution >= 4 is 5.91 Å². The SMILES string of the molecule is CN(Cc1n[nH]c2c1CCCCC2)C(=O)c1cccc2c1COC2. The van der Waals surface area contributed by atoms with Crippen LogP contribution in [-0.4, -0.2) is 28.1 Å². The number of aromatic amines is 1. The molecular formula is C19H23N3O2. The van der Waals surface area contributed by atoms with Crippen molar-refractivity contribution in [2.75, 3.05) is 7.05 Å². The standard InChI is InChI=1S/C19H23N3O2/c1-22(10-18-15-7-3-2-4-9-17(15)20-21-18)19(23)14-8-5-6-13-11-24-12-16(13)14/h5-6,8H,2-4,7,9-12H2,1H3,(H,20,21). The van der Waals surface area contributed by atoms with Crippen LogP contribution in [0.5, 0.6) is 0 Å². The maximum absolute atomic E-state index is 12.9. The topological polar surface area (TPSA) is 58.2 Å². The zero-order valence-electron chi connectivity index (χ0n) is 14.1. The zero-order valence-corrected chi connectivity index (χ0v) is 14.1. The van der Waals surface area contributed by atoms with Crippen LogP contribution in [0.2, 0.25) is 0 Å². The molecule has 0 saturated carbocycles. The molecule has 4 rings (SSSR count). The molecule has 0 unspecified atom stereocenters. The van der Waals surface area contributed by atoms with Crippen LogP contribution in [0.25, 0.3) is 0 Å². The van der Waals surface area contributed by atoms with Crippen LogP contribution in [0, 0.1) is 0 Å². The molecule has 0 fully saturated rings. The Morgan fingerprint density at radius 2 is 2.08 bits per heavy atom. The van der Waals surface area contributed by atoms with E-state index >= 15 is 0 Å². The van der Waals surface area contributed by atoms with Gasteiger partial charge < -0.3 is 9.64 Å². The van der Waals surface area contributed by atoms with E-state index in [1.165, 1.54) is 30.5 Å². The summed E-state index contributed by atoms with van der Waals surface area (Å²) in [5.41, 5.74) is 6.53. The van der Waals surface area contributed by atoms with E-state index in [1.807, 2.05) is 25.2 Å². The summed E-state index contributed by atoms with van der Waals surface area (Å²) < 4.78 is 5.49. The number of H-pyrrole nitrogens is 1. The number of amides is 1. The van der Waals surface area contributed by atoms with Gasteiger partial charge in [-0.05, 0) is 48.4 Å². The Bertz CT molecular complexity index is 766. The van der Waals surface area contributed by atoms with Crippen LogP contribution in [0.3, 0.4) is 0 Å². The van der Waals surface area contributed by atoms with Gasteiger partial charge in [0.05, 0.1) is 25.5 Å². The molecular weight excluding hydrogens is 302 g/mol. The maximum Gasteiger partial charge on any atom is 0.254 e. The third kappa shape index (κ3) is 2.73. The van der Waals surface area contributed by atoms with Gasteiger partial charge in [0.15, 0.2) is 0 Å². The molecule has 0 atom stereocenters. The summed E-state index contributed by atoms with van der Waals surface area (Å²) in [5.74, 6) is 0.0442. The van der Waals surface area contributed by atoms with E-state index in [2.05, 4.69) is 10.2 Å². The van der Waals surface area contributed by atoms with E-state index in [-0.39, 0.29) is 5.91 Å². The highest BCUT2D eigenvalue weighted by molar-refractivity contribution is 5.96. The first-order valence-electron chi connectivity index (χ1n) is 8.73. The predicted molar refractivity (Wildman–Crippen MR) is 90.6 cm³/mol. The van der Waals surface area contributed by atoms with Crippen molar-refractivity contribution in [3.05, 3.63) is 51.8 Å². The first-order chi connectivity index (χ1) is 11.7. The van der Waals surface area contributed by atoms with Crippen molar-refractivity contribution in [2.45, 2.75) is 51.9 Å². The average Bonchev–Trinajstić information content (AvgIpc) is 3.15. The van der Waals surface area contributed by atoms with Crippen molar-refractivity contribution in [3.8, 4) is 0 Å². The molecule has 2 aliphatic rings. The molecule has 0 saturated heterocycles. The van der Waals surface area contributed by atoms with Crippen molar-refractivity contribution in [1.29, 1.82) is 0 Å². The van der Waals surface area contributed by atoms with Crippen molar-refractivity contribution in [3.63, 3.8) is 0 Å². The third-order valence-electron chi connectivity index (χ3n) is 5.13. The normalized spacial score (nSPS) is 16.4. The molecule has 126 valence electrons. The van der Waals surface area contributed by atoms with Gasteiger partial charge in [0.1, 0.15) is 0 Å². The number of nitrogens with zero attached hydrogens (tertiary/aromatic N) is 2. The van der Waals surface area contributed by atoms with E-state index in [0.29, 0.717) is 19.8 Å². The number of ether oxygens (including phenoxy) is 1. The van der Waals surface area contributed by atoms with E-state index in [0.717, 1.165) is 35.2 Å². The van der Waals surface area contributed by atoms with Gasteiger partial charge in [-0.3, -0.25) is 9.89 Å². The van der Waals surface area contributed by atoms with Crippen LogP contribution in [0.4, 0.5) is 0 Å². The molecule has 1 aromatic heterocycles. The molecule has 2 heterocycles. The summed E-state index contributed by atoms with van der Waals surface area (Å²) in [6.07, 6.45) is 5.84. The van der Waals surface area contributed by atoms with Crippen LogP contribution < -0.4 is 0 Å². The second kappa shape index (κ2) is 6.40. The minimum atomic E-state index is 0.0442. The minimum Gasteiger partial charge on any atom is -0.372 e. The highest BCUT2D eigenvalue weighted by atomic mass is 16.5. The van der Waals surface area contributed by atoms with Gasteiger partial charge in [0.2, 0.25) is 0 Å². The van der Waals surface area contributed by atoms with Gasteiger partial charge in [-0.25, -0.2) is 0 Å². The van der Waals surface area contributed by atoms with Crippen molar-refractivity contribution < 1.29 is 9.53 Å². The number of benzene rings is 1. The number of carbonyl (C=O) groups is 1. The van der Waals surface area contributed by atoms with E-state index in [4.69, 9.17) is 4.74 Å². The fourth-order valence-electron chi connectivity index (χ4n) is 3.76. The lowest BCUT2D eigenvalue weighted by molar-refractivity contribution is 0.0778. The van der Waals surface area contributed by atoms with Gasteiger partial charge in [-0.2, -0.15) is 5.10 Å². The Morgan fingerprint density at radius 3 is 3.00 bits per heavy atom. The summed E-state index contributed by atoms with van der Waals surface area (Å²) in [6, 6.07) is 5.87. The molecule has 0 bridgehead atoms. The highest BCUT2D eigenvalue weighted by Gasteiger charge is 2.23. The fourth-order valence-corrected chi connectivity index (χ4v) is 3.76. The molecule has 1 N–H and O–H groups in total. The number of aromatic nitrogens is 2. The summed E-state index contributed by atoms with van der Waals surface area (Å²) in [5, 5.41) is 7.67. The van der Waals surface area contributed by atoms with Gasteiger partial charge in [0, 0.05) is 18.3 Å². The number of nitrogens with one attached hydrogen (secondary N) is 1. The van der Waals surface area contributed by atoms with Crippen molar-refractivity contribution in [2.24, 2.45) is 0 Å². The molecule has 5 nitrogen and oxygen atoms in total. The summed E-state index contributed by atoms with van der Waals surface area (Å²) in [6.45, 7) is 1.69. The third-order valence-corrected chi connectivity index (χ3v) is 5.13. The molecule has 0 radical (unpaired) electrons. The van der Waals surface area contributed by atoms with Gasteiger partial charge >= 0.3 is 0 Å². The van der Waals surface area contributed by atoms with Gasteiger partial charge in [-0.1, -0.05) is 18.6 Å². The molecule has 2 aromatic rings. The Labute approximate surface area is 142 Å². The lowest BCUT2D eigenvalue weighted by atomic mass is 10.0. The maximum atomic E-state index is 12.9. The molecule has 0 spiro atoms. The first-order valence-corrected chi connectivity index (χ1v) is 8.73. The Balaban J connectivity index is 1.55. The fraction of sp³-hybridized carbons (Fsp3) is 0.474. The van der Waals surface area contributed by atoms with Crippen LogP contribution in [0.15, 0.2) is 18.2 Å². The number of carbonyl (C=O) groups excluding carboxylic acids is 1. The largest absolute Gasteiger partial charge is 0.372 e. The molecule has 1 aliphatic heterocycles. The number of hydrogen-bond acceptors (Lipinski definition) is 3. The quantitative estimate of drug-likeness (QED) is 0.883. The number of rotatable bonds is 3. The number of hydrogen-bond donors (Lipinski definition) is 1. The summed E-state index contributed by atoms with van der Waals surface area (Å²) in [7, 11) is 1.86. The number of fused-ring (bicyclic) bond motifs is 2. The second-order valence-electron chi connectivity index (χ2n) is 6.79. The first kappa shape index (κ1) is 15.4. The average molecular weight is 325 g/mol. The Hall–Kier alpha value is -2.14. The second-order valence-corrected chi connectivity index (χ2v) is 6.79. The van der Waals surface area contributed by atoms with Crippen LogP contribution in [-0.2, 0) is 37.3 Å². The van der Waals surface area contributed by atoms with E-state index in [9.17, 15) is 4.79 Å². The summed E-state index contributed by atoms with van der Waals surface area (Å²) >= 11 is 0. The van der Waals surface area contributed by atoms with Gasteiger partial charge in [-0.15, -0.1) is 0 Å². The molecule has 1 aromatic carbocycles. The smallest absolute Gasteiger partial charge is 0.254 e. The minimum absolute atomic E-state index is 0.0442. The summed E-state index contributed by atoms with van der Waals surface area (Å²) in [4.78, 5) is 14.7. The highest BCUT2D eigenvalue weighted by Crippen LogP contribution is 2.26. The molecule has 1 aliphatic carbocycles. The predicted octanol–water partition coefficient (Wildman–Crippen LogP) is 2.98. The van der Waals surface area contributed by atoms with Crippen LogP contribution >= 0.6 is 0 Å². The van der Waals surface area contributed by atoms with E-state index < -0.39 is 0 Å². The lowest BCUT2D eigenvalue weighted by Gasteiger charge is -2.18. The Morgan fingerprint density at radius 1 is 1.21 bits per heavy atom. The molecule has 1 amide bonds. The van der Waals surface area contributed by atoms with Gasteiger partial charge in [0.25, 0.3) is 5.91 Å².